The molecule has 0 saturated heterocycles. The number of nitrogens with one attached hydrogen (secondary N) is 2. The topological polar surface area (TPSA) is 158 Å². The minimum atomic E-state index is -3.84. The quantitative estimate of drug-likeness (QED) is 0.555. The molecule has 0 bridgehead atoms. The molecule has 2 rings (SSSR count). The number of anilines is 1. The highest BCUT2D eigenvalue weighted by Gasteiger charge is 2.26. The number of benzene rings is 1. The molecule has 11 heteroatoms. The predicted molar refractivity (Wildman–Crippen MR) is 108 cm³/mol. The van der Waals surface area contributed by atoms with Crippen molar-refractivity contribution in [2.45, 2.75) is 38.7 Å². The maximum Gasteiger partial charge on any atom is 0.355 e. The molecule has 0 aliphatic heterocycles. The van der Waals surface area contributed by atoms with Gasteiger partial charge in [0.05, 0.1) is 17.1 Å². The fraction of sp³-hybridized carbons (Fsp3) is 0.316. The number of aromatic nitrogens is 1. The van der Waals surface area contributed by atoms with Gasteiger partial charge in [-0.15, -0.1) is 0 Å². The van der Waals surface area contributed by atoms with E-state index in [4.69, 9.17) is 14.6 Å². The Morgan fingerprint density at radius 1 is 1.13 bits per heavy atom. The fourth-order valence-corrected chi connectivity index (χ4v) is 3.22. The highest BCUT2D eigenvalue weighted by Crippen LogP contribution is 2.21. The lowest BCUT2D eigenvalue weighted by Crippen LogP contribution is -2.30. The number of hydrogen-bond acceptors (Lipinski definition) is 7. The van der Waals surface area contributed by atoms with E-state index < -0.39 is 34.0 Å². The van der Waals surface area contributed by atoms with Crippen molar-refractivity contribution in [3.05, 3.63) is 46.8 Å². The summed E-state index contributed by atoms with van der Waals surface area (Å²) in [6, 6.07) is 5.20. The zero-order chi connectivity index (χ0) is 22.6. The average Bonchev–Trinajstić information content (AvgIpc) is 2.96. The fourth-order valence-electron chi connectivity index (χ4n) is 2.71. The largest absolute Gasteiger partial charge is 0.461 e. The molecule has 1 heterocycles. The van der Waals surface area contributed by atoms with E-state index in [9.17, 15) is 22.8 Å². The molecule has 0 fully saturated rings. The van der Waals surface area contributed by atoms with E-state index in [1.165, 1.54) is 31.2 Å². The van der Waals surface area contributed by atoms with Gasteiger partial charge in [-0.3, -0.25) is 4.79 Å². The van der Waals surface area contributed by atoms with Crippen LogP contribution in [0.2, 0.25) is 0 Å². The summed E-state index contributed by atoms with van der Waals surface area (Å²) < 4.78 is 32.7. The number of carbonyl (C=O) groups is 3. The number of H-pyrrole nitrogens is 1. The molecule has 0 spiro atoms. The van der Waals surface area contributed by atoms with Gasteiger partial charge in [0.25, 0.3) is 5.91 Å². The lowest BCUT2D eigenvalue weighted by molar-refractivity contribution is -0.123. The number of sulfonamides is 1. The lowest BCUT2D eigenvalue weighted by Gasteiger charge is -2.14. The van der Waals surface area contributed by atoms with Crippen molar-refractivity contribution in [3.63, 3.8) is 0 Å². The van der Waals surface area contributed by atoms with Crippen LogP contribution in [0.3, 0.4) is 0 Å². The summed E-state index contributed by atoms with van der Waals surface area (Å²) in [5, 5.41) is 7.54. The van der Waals surface area contributed by atoms with Crippen molar-refractivity contribution in [1.29, 1.82) is 0 Å². The van der Waals surface area contributed by atoms with E-state index in [2.05, 4.69) is 10.3 Å². The summed E-state index contributed by atoms with van der Waals surface area (Å²) in [5.41, 5.74) is 1.37. The van der Waals surface area contributed by atoms with Gasteiger partial charge >= 0.3 is 11.9 Å². The summed E-state index contributed by atoms with van der Waals surface area (Å²) in [6.07, 6.45) is -1.16. The van der Waals surface area contributed by atoms with Crippen LogP contribution in [0, 0.1) is 13.8 Å². The standard InChI is InChI=1S/C19H23N3O7S/c1-5-28-19(25)16-10(2)15(11(3)21-16)18(24)29-12(4)17(23)22-13-6-8-14(9-7-13)30(20,26)27/h6-9,12,21H,5H2,1-4H3,(H,22,23)(H2,20,26,27)/t12-/m0/s1. The van der Waals surface area contributed by atoms with Crippen molar-refractivity contribution < 1.29 is 32.3 Å². The zero-order valence-electron chi connectivity index (χ0n) is 16.9. The number of nitrogens with two attached hydrogens (primary N) is 1. The number of rotatable bonds is 7. The van der Waals surface area contributed by atoms with Gasteiger partial charge in [0, 0.05) is 11.4 Å². The van der Waals surface area contributed by atoms with Crippen LogP contribution in [0.25, 0.3) is 0 Å². The molecule has 1 aromatic heterocycles. The lowest BCUT2D eigenvalue weighted by atomic mass is 10.1. The number of carbonyl (C=O) groups excluding carboxylic acids is 3. The molecule has 0 unspecified atom stereocenters. The van der Waals surface area contributed by atoms with E-state index in [0.717, 1.165) is 0 Å². The van der Waals surface area contributed by atoms with Gasteiger partial charge in [0.1, 0.15) is 5.69 Å². The van der Waals surface area contributed by atoms with Gasteiger partial charge in [-0.1, -0.05) is 0 Å². The van der Waals surface area contributed by atoms with Crippen LogP contribution in [0.1, 0.15) is 46.0 Å². The first-order chi connectivity index (χ1) is 14.0. The Labute approximate surface area is 173 Å². The van der Waals surface area contributed by atoms with E-state index in [1.54, 1.807) is 20.8 Å². The highest BCUT2D eigenvalue weighted by atomic mass is 32.2. The Morgan fingerprint density at radius 2 is 1.73 bits per heavy atom. The molecule has 2 aromatic rings. The summed E-state index contributed by atoms with van der Waals surface area (Å²) in [4.78, 5) is 39.5. The maximum atomic E-state index is 12.5. The van der Waals surface area contributed by atoms with Crippen LogP contribution in [0.15, 0.2) is 29.2 Å². The molecule has 4 N–H and O–H groups in total. The number of hydrogen-bond donors (Lipinski definition) is 3. The summed E-state index contributed by atoms with van der Waals surface area (Å²) in [6.45, 7) is 6.41. The first-order valence-corrected chi connectivity index (χ1v) is 10.5. The third-order valence-corrected chi connectivity index (χ3v) is 5.15. The van der Waals surface area contributed by atoms with Gasteiger partial charge in [0.15, 0.2) is 6.10 Å². The highest BCUT2D eigenvalue weighted by molar-refractivity contribution is 7.89. The molecule has 0 radical (unpaired) electrons. The SMILES string of the molecule is CCOC(=O)c1[nH]c(C)c(C(=O)O[C@@H](C)C(=O)Nc2ccc(S(N)(=O)=O)cc2)c1C. The molecule has 0 aliphatic rings. The Kier molecular flexibility index (Phi) is 7.00. The van der Waals surface area contributed by atoms with Crippen LogP contribution >= 0.6 is 0 Å². The molecule has 0 aliphatic carbocycles. The Balaban J connectivity index is 2.08. The molecule has 1 amide bonds. The average molecular weight is 437 g/mol. The van der Waals surface area contributed by atoms with Gasteiger partial charge in [-0.05, 0) is 57.5 Å². The Hall–Kier alpha value is -3.18. The molecule has 162 valence electrons. The van der Waals surface area contributed by atoms with Crippen molar-refractivity contribution in [2.24, 2.45) is 5.14 Å². The predicted octanol–water partition coefficient (Wildman–Crippen LogP) is 1.64. The smallest absolute Gasteiger partial charge is 0.355 e. The number of aromatic amines is 1. The molecule has 1 aromatic carbocycles. The third kappa shape index (κ3) is 5.24. The van der Waals surface area contributed by atoms with Gasteiger partial charge in [-0.25, -0.2) is 23.1 Å². The van der Waals surface area contributed by atoms with Crippen LogP contribution in [-0.2, 0) is 24.3 Å². The molecule has 1 atom stereocenters. The zero-order valence-corrected chi connectivity index (χ0v) is 17.8. The van der Waals surface area contributed by atoms with Crippen LogP contribution < -0.4 is 10.5 Å². The van der Waals surface area contributed by atoms with Gasteiger partial charge in [-0.2, -0.15) is 0 Å². The molecule has 0 saturated carbocycles. The maximum absolute atomic E-state index is 12.5. The minimum absolute atomic E-state index is 0.101. The van der Waals surface area contributed by atoms with Crippen molar-refractivity contribution >= 4 is 33.6 Å². The van der Waals surface area contributed by atoms with Crippen LogP contribution in [-0.4, -0.2) is 44.0 Å². The van der Waals surface area contributed by atoms with Gasteiger partial charge in [0.2, 0.25) is 10.0 Å². The van der Waals surface area contributed by atoms with Crippen molar-refractivity contribution in [1.82, 2.24) is 4.98 Å². The molecule has 30 heavy (non-hydrogen) atoms. The van der Waals surface area contributed by atoms with Crippen LogP contribution in [0.4, 0.5) is 5.69 Å². The second-order valence-electron chi connectivity index (χ2n) is 6.45. The Bertz CT molecular complexity index is 1070. The number of aryl methyl sites for hydroxylation is 1. The molecular formula is C19H23N3O7S. The second kappa shape index (κ2) is 9.09. The minimum Gasteiger partial charge on any atom is -0.461 e. The monoisotopic (exact) mass is 437 g/mol. The summed E-state index contributed by atoms with van der Waals surface area (Å²) in [7, 11) is -3.84. The number of ether oxygens (including phenoxy) is 2. The van der Waals surface area contributed by atoms with E-state index in [-0.39, 0.29) is 22.8 Å². The first-order valence-electron chi connectivity index (χ1n) is 8.96. The van der Waals surface area contributed by atoms with E-state index >= 15 is 0 Å². The van der Waals surface area contributed by atoms with Gasteiger partial charge < -0.3 is 19.8 Å². The second-order valence-corrected chi connectivity index (χ2v) is 8.01. The molecular weight excluding hydrogens is 414 g/mol. The summed E-state index contributed by atoms with van der Waals surface area (Å²) in [5.74, 6) is -1.99. The molecule has 10 nitrogen and oxygen atoms in total. The van der Waals surface area contributed by atoms with Crippen molar-refractivity contribution in [2.75, 3.05) is 11.9 Å². The first kappa shape index (κ1) is 23.1. The number of primary sulfonamides is 1. The van der Waals surface area contributed by atoms with Crippen molar-refractivity contribution in [3.8, 4) is 0 Å². The van der Waals surface area contributed by atoms with E-state index in [0.29, 0.717) is 16.9 Å². The van der Waals surface area contributed by atoms with Crippen LogP contribution in [0.5, 0.6) is 0 Å². The Morgan fingerprint density at radius 3 is 2.27 bits per heavy atom. The third-order valence-electron chi connectivity index (χ3n) is 4.22. The number of esters is 2. The normalized spacial score (nSPS) is 12.2. The van der Waals surface area contributed by atoms with E-state index in [1.807, 2.05) is 0 Å². The summed E-state index contributed by atoms with van der Waals surface area (Å²) >= 11 is 0. The number of amides is 1.